The van der Waals surface area contributed by atoms with Crippen LogP contribution in [0.4, 0.5) is 5.69 Å². The van der Waals surface area contributed by atoms with Gasteiger partial charge in [0.15, 0.2) is 5.65 Å². The molecule has 0 fully saturated rings. The van der Waals surface area contributed by atoms with Crippen molar-refractivity contribution in [2.24, 2.45) is 0 Å². The second-order valence-corrected chi connectivity index (χ2v) is 5.72. The van der Waals surface area contributed by atoms with Gasteiger partial charge >= 0.3 is 0 Å². The molecule has 0 amide bonds. The van der Waals surface area contributed by atoms with Crippen molar-refractivity contribution in [1.29, 1.82) is 0 Å². The van der Waals surface area contributed by atoms with Crippen LogP contribution in [0, 0.1) is 13.8 Å². The molecule has 0 unspecified atom stereocenters. The molecule has 3 aromatic rings. The molecule has 0 spiro atoms. The Morgan fingerprint density at radius 2 is 2.10 bits per heavy atom. The highest BCUT2D eigenvalue weighted by Crippen LogP contribution is 2.20. The predicted molar refractivity (Wildman–Crippen MR) is 83.9 cm³/mol. The predicted octanol–water partition coefficient (Wildman–Crippen LogP) is 3.72. The van der Waals surface area contributed by atoms with E-state index in [1.807, 2.05) is 29.9 Å². The maximum absolute atomic E-state index is 4.40. The summed E-state index contributed by atoms with van der Waals surface area (Å²) in [5.41, 5.74) is 5.27. The number of fused-ring (bicyclic) bond motifs is 1. The Morgan fingerprint density at radius 3 is 2.90 bits per heavy atom. The Balaban J connectivity index is 1.77. The minimum atomic E-state index is 0.725. The first-order valence-corrected chi connectivity index (χ1v) is 7.22. The minimum absolute atomic E-state index is 0.725. The number of benzene rings is 1. The number of aromatic nitrogens is 3. The van der Waals surface area contributed by atoms with Crippen molar-refractivity contribution >= 4 is 27.3 Å². The molecule has 102 valence electrons. The van der Waals surface area contributed by atoms with Crippen LogP contribution < -0.4 is 5.32 Å². The van der Waals surface area contributed by atoms with Crippen molar-refractivity contribution < 1.29 is 0 Å². The highest BCUT2D eigenvalue weighted by atomic mass is 79.9. The van der Waals surface area contributed by atoms with Crippen molar-refractivity contribution in [2.45, 2.75) is 20.4 Å². The van der Waals surface area contributed by atoms with E-state index in [0.717, 1.165) is 33.6 Å². The van der Waals surface area contributed by atoms with E-state index in [9.17, 15) is 0 Å². The molecule has 2 aromatic heterocycles. The molecule has 0 saturated heterocycles. The van der Waals surface area contributed by atoms with Gasteiger partial charge in [-0.1, -0.05) is 15.9 Å². The molecule has 0 aliphatic carbocycles. The number of halogens is 1. The highest BCUT2D eigenvalue weighted by Gasteiger charge is 2.02. The number of nitrogens with zero attached hydrogens (tertiary/aromatic N) is 3. The summed E-state index contributed by atoms with van der Waals surface area (Å²) in [6.07, 6.45) is 3.89. The van der Waals surface area contributed by atoms with Crippen LogP contribution in [0.3, 0.4) is 0 Å². The topological polar surface area (TPSA) is 42.2 Å². The fourth-order valence-corrected chi connectivity index (χ4v) is 2.33. The molecule has 0 radical (unpaired) electrons. The molecule has 0 atom stereocenters. The van der Waals surface area contributed by atoms with Crippen molar-refractivity contribution in [2.75, 3.05) is 5.32 Å². The van der Waals surface area contributed by atoms with E-state index in [4.69, 9.17) is 0 Å². The molecule has 0 saturated carbocycles. The van der Waals surface area contributed by atoms with Gasteiger partial charge in [0.25, 0.3) is 0 Å². The lowest BCUT2D eigenvalue weighted by molar-refractivity contribution is 0.895. The molecule has 1 N–H and O–H groups in total. The van der Waals surface area contributed by atoms with Gasteiger partial charge in [-0.2, -0.15) is 5.10 Å². The lowest BCUT2D eigenvalue weighted by Gasteiger charge is -2.08. The Hall–Kier alpha value is -1.88. The Kier molecular flexibility index (Phi) is 3.44. The summed E-state index contributed by atoms with van der Waals surface area (Å²) < 4.78 is 2.94. The summed E-state index contributed by atoms with van der Waals surface area (Å²) in [6, 6.07) is 8.19. The first kappa shape index (κ1) is 13.1. The maximum Gasteiger partial charge on any atom is 0.155 e. The third-order valence-electron chi connectivity index (χ3n) is 3.14. The van der Waals surface area contributed by atoms with E-state index in [2.05, 4.69) is 56.5 Å². The SMILES string of the molecule is Cc1cc2ncc(CNc3ccc(Br)c(C)c3)cn2n1. The maximum atomic E-state index is 4.40. The smallest absolute Gasteiger partial charge is 0.155 e. The van der Waals surface area contributed by atoms with E-state index < -0.39 is 0 Å². The Morgan fingerprint density at radius 1 is 1.25 bits per heavy atom. The molecule has 0 aliphatic heterocycles. The van der Waals surface area contributed by atoms with Crippen LogP contribution in [0.1, 0.15) is 16.8 Å². The fourth-order valence-electron chi connectivity index (χ4n) is 2.08. The molecular formula is C15H15BrN4. The summed E-state index contributed by atoms with van der Waals surface area (Å²) in [5, 5.41) is 7.77. The van der Waals surface area contributed by atoms with Gasteiger partial charge in [0.2, 0.25) is 0 Å². The zero-order chi connectivity index (χ0) is 14.1. The van der Waals surface area contributed by atoms with Crippen LogP contribution >= 0.6 is 15.9 Å². The minimum Gasteiger partial charge on any atom is -0.381 e. The summed E-state index contributed by atoms with van der Waals surface area (Å²) in [4.78, 5) is 4.40. The van der Waals surface area contributed by atoms with Crippen molar-refractivity contribution in [3.63, 3.8) is 0 Å². The average molecular weight is 331 g/mol. The van der Waals surface area contributed by atoms with Crippen LogP contribution in [0.5, 0.6) is 0 Å². The number of hydrogen-bond acceptors (Lipinski definition) is 3. The first-order chi connectivity index (χ1) is 9.61. The molecule has 1 aromatic carbocycles. The van der Waals surface area contributed by atoms with E-state index in [-0.39, 0.29) is 0 Å². The number of nitrogens with one attached hydrogen (secondary N) is 1. The Bertz CT molecular complexity index is 764. The molecule has 3 rings (SSSR count). The van der Waals surface area contributed by atoms with Crippen molar-refractivity contribution in [3.05, 3.63) is 58.0 Å². The van der Waals surface area contributed by atoms with Gasteiger partial charge in [-0.15, -0.1) is 0 Å². The average Bonchev–Trinajstić information content (AvgIpc) is 2.79. The molecule has 20 heavy (non-hydrogen) atoms. The Labute approximate surface area is 126 Å². The molecule has 0 bridgehead atoms. The second kappa shape index (κ2) is 5.25. The van der Waals surface area contributed by atoms with Crippen LogP contribution in [-0.4, -0.2) is 14.6 Å². The van der Waals surface area contributed by atoms with Gasteiger partial charge in [0, 0.05) is 40.7 Å². The number of anilines is 1. The third kappa shape index (κ3) is 2.67. The zero-order valence-electron chi connectivity index (χ0n) is 11.4. The van der Waals surface area contributed by atoms with E-state index in [0.29, 0.717) is 0 Å². The van der Waals surface area contributed by atoms with Crippen LogP contribution in [0.2, 0.25) is 0 Å². The highest BCUT2D eigenvalue weighted by molar-refractivity contribution is 9.10. The van der Waals surface area contributed by atoms with Gasteiger partial charge < -0.3 is 5.32 Å². The number of aryl methyl sites for hydroxylation is 2. The largest absolute Gasteiger partial charge is 0.381 e. The first-order valence-electron chi connectivity index (χ1n) is 6.43. The summed E-state index contributed by atoms with van der Waals surface area (Å²) >= 11 is 3.51. The molecule has 4 nitrogen and oxygen atoms in total. The van der Waals surface area contributed by atoms with Gasteiger partial charge in [-0.25, -0.2) is 9.50 Å². The van der Waals surface area contributed by atoms with Gasteiger partial charge in [-0.05, 0) is 37.6 Å². The van der Waals surface area contributed by atoms with Crippen LogP contribution in [0.15, 0.2) is 41.1 Å². The van der Waals surface area contributed by atoms with Crippen LogP contribution in [-0.2, 0) is 6.54 Å². The van der Waals surface area contributed by atoms with Crippen molar-refractivity contribution in [1.82, 2.24) is 14.6 Å². The number of rotatable bonds is 3. The molecular weight excluding hydrogens is 316 g/mol. The van der Waals surface area contributed by atoms with E-state index >= 15 is 0 Å². The van der Waals surface area contributed by atoms with Gasteiger partial charge in [0.1, 0.15) is 0 Å². The van der Waals surface area contributed by atoms with Crippen molar-refractivity contribution in [3.8, 4) is 0 Å². The lowest BCUT2D eigenvalue weighted by Crippen LogP contribution is -2.02. The van der Waals surface area contributed by atoms with E-state index in [1.54, 1.807) is 0 Å². The summed E-state index contributed by atoms with van der Waals surface area (Å²) in [6.45, 7) is 4.77. The molecule has 5 heteroatoms. The number of hydrogen-bond donors (Lipinski definition) is 1. The van der Waals surface area contributed by atoms with Gasteiger partial charge in [-0.3, -0.25) is 0 Å². The normalized spacial score (nSPS) is 10.9. The quantitative estimate of drug-likeness (QED) is 0.795. The standard InChI is InChI=1S/C15H15BrN4/c1-10-5-13(3-4-14(10)16)17-7-12-8-18-15-6-11(2)19-20(15)9-12/h3-6,8-9,17H,7H2,1-2H3. The van der Waals surface area contributed by atoms with Gasteiger partial charge in [0.05, 0.1) is 5.69 Å². The van der Waals surface area contributed by atoms with E-state index in [1.165, 1.54) is 5.56 Å². The zero-order valence-corrected chi connectivity index (χ0v) is 13.0. The monoisotopic (exact) mass is 330 g/mol. The van der Waals surface area contributed by atoms with Crippen LogP contribution in [0.25, 0.3) is 5.65 Å². The summed E-state index contributed by atoms with van der Waals surface area (Å²) in [5.74, 6) is 0. The molecule has 0 aliphatic rings. The third-order valence-corrected chi connectivity index (χ3v) is 4.03. The fraction of sp³-hybridized carbons (Fsp3) is 0.200. The molecule has 2 heterocycles. The lowest BCUT2D eigenvalue weighted by atomic mass is 10.2. The second-order valence-electron chi connectivity index (χ2n) is 4.87. The summed E-state index contributed by atoms with van der Waals surface area (Å²) in [7, 11) is 0.